The summed E-state index contributed by atoms with van der Waals surface area (Å²) in [5.41, 5.74) is 7.88. The standard InChI is InChI=1S/C20H24N6O3/c1-13(21)12-28-19-5-4-18-23-11-15(26(18)24-19)17-10-14-16(29-17)6-7-22-20(14)25(2)8-3-9-27/h4-7,10-11,13,27H,3,8-9,12,21H2,1-2H3/t13-/m0/s1. The fourth-order valence-electron chi connectivity index (χ4n) is 3.11. The number of anilines is 1. The molecule has 0 aromatic carbocycles. The minimum atomic E-state index is -0.0844. The van der Waals surface area contributed by atoms with Gasteiger partial charge in [-0.05, 0) is 31.5 Å². The predicted molar refractivity (Wildman–Crippen MR) is 110 cm³/mol. The lowest BCUT2D eigenvalue weighted by molar-refractivity contribution is 0.281. The zero-order valence-corrected chi connectivity index (χ0v) is 16.4. The lowest BCUT2D eigenvalue weighted by atomic mass is 10.2. The van der Waals surface area contributed by atoms with Crippen LogP contribution in [0.25, 0.3) is 28.1 Å². The largest absolute Gasteiger partial charge is 0.475 e. The van der Waals surface area contributed by atoms with Gasteiger partial charge in [0.15, 0.2) is 11.4 Å². The van der Waals surface area contributed by atoms with Crippen molar-refractivity contribution in [2.24, 2.45) is 5.73 Å². The van der Waals surface area contributed by atoms with E-state index in [0.29, 0.717) is 42.6 Å². The third-order valence-corrected chi connectivity index (χ3v) is 4.52. The number of aliphatic hydroxyl groups excluding tert-OH is 1. The van der Waals surface area contributed by atoms with E-state index < -0.39 is 0 Å². The number of nitrogens with two attached hydrogens (primary N) is 1. The number of rotatable bonds is 8. The number of pyridine rings is 1. The molecule has 0 bridgehead atoms. The number of ether oxygens (including phenoxy) is 1. The van der Waals surface area contributed by atoms with Crippen molar-refractivity contribution in [3.05, 3.63) is 36.7 Å². The summed E-state index contributed by atoms with van der Waals surface area (Å²) in [5, 5.41) is 14.5. The molecule has 0 saturated carbocycles. The van der Waals surface area contributed by atoms with Crippen LogP contribution in [-0.4, -0.2) is 57.5 Å². The highest BCUT2D eigenvalue weighted by Gasteiger charge is 2.17. The summed E-state index contributed by atoms with van der Waals surface area (Å²) >= 11 is 0. The van der Waals surface area contributed by atoms with Crippen LogP contribution in [0, 0.1) is 0 Å². The second kappa shape index (κ2) is 8.06. The first kappa shape index (κ1) is 19.2. The highest BCUT2D eigenvalue weighted by atomic mass is 16.5. The Bertz CT molecular complexity index is 1120. The summed E-state index contributed by atoms with van der Waals surface area (Å²) in [6.07, 6.45) is 4.10. The van der Waals surface area contributed by atoms with Gasteiger partial charge in [-0.2, -0.15) is 0 Å². The van der Waals surface area contributed by atoms with E-state index in [1.165, 1.54) is 0 Å². The molecule has 0 amide bonds. The molecule has 9 nitrogen and oxygen atoms in total. The molecular formula is C20H24N6O3. The number of hydrogen-bond acceptors (Lipinski definition) is 8. The topological polar surface area (TPSA) is 115 Å². The quantitative estimate of drug-likeness (QED) is 0.465. The van der Waals surface area contributed by atoms with Crippen molar-refractivity contribution in [2.45, 2.75) is 19.4 Å². The maximum Gasteiger partial charge on any atom is 0.231 e. The number of hydrogen-bond donors (Lipinski definition) is 2. The predicted octanol–water partition coefficient (Wildman–Crippen LogP) is 2.08. The molecule has 4 aromatic rings. The van der Waals surface area contributed by atoms with Crippen LogP contribution >= 0.6 is 0 Å². The normalized spacial score (nSPS) is 12.6. The molecule has 152 valence electrons. The van der Waals surface area contributed by atoms with Crippen LogP contribution in [0.3, 0.4) is 0 Å². The highest BCUT2D eigenvalue weighted by Crippen LogP contribution is 2.32. The Hall–Kier alpha value is -3.17. The van der Waals surface area contributed by atoms with Crippen LogP contribution in [0.2, 0.25) is 0 Å². The molecule has 9 heteroatoms. The van der Waals surface area contributed by atoms with E-state index in [9.17, 15) is 0 Å². The number of furan rings is 1. The zero-order chi connectivity index (χ0) is 20.4. The molecule has 0 unspecified atom stereocenters. The molecule has 3 N–H and O–H groups in total. The molecule has 0 saturated heterocycles. The molecule has 4 heterocycles. The SMILES string of the molecule is C[C@H](N)COc1ccc2ncc(-c3cc4c(N(C)CCCO)nccc4o3)n2n1. The first-order chi connectivity index (χ1) is 14.1. The summed E-state index contributed by atoms with van der Waals surface area (Å²) in [6.45, 7) is 3.08. The minimum absolute atomic E-state index is 0.0844. The molecule has 4 aromatic heterocycles. The second-order valence-corrected chi connectivity index (χ2v) is 7.03. The number of nitrogens with zero attached hydrogens (tertiary/aromatic N) is 5. The monoisotopic (exact) mass is 396 g/mol. The fraction of sp³-hybridized carbons (Fsp3) is 0.350. The van der Waals surface area contributed by atoms with Gasteiger partial charge in [0.05, 0.1) is 11.6 Å². The molecular weight excluding hydrogens is 372 g/mol. The van der Waals surface area contributed by atoms with Crippen molar-refractivity contribution in [1.29, 1.82) is 0 Å². The lowest BCUT2D eigenvalue weighted by Gasteiger charge is -2.17. The average Bonchev–Trinajstić information content (AvgIpc) is 3.33. The van der Waals surface area contributed by atoms with E-state index in [0.717, 1.165) is 16.8 Å². The number of imidazole rings is 1. The van der Waals surface area contributed by atoms with Gasteiger partial charge in [-0.15, -0.1) is 5.10 Å². The van der Waals surface area contributed by atoms with Crippen molar-refractivity contribution < 1.29 is 14.3 Å². The van der Waals surface area contributed by atoms with Crippen LogP contribution in [0.4, 0.5) is 5.82 Å². The zero-order valence-electron chi connectivity index (χ0n) is 16.4. The van der Waals surface area contributed by atoms with Gasteiger partial charge in [0.2, 0.25) is 5.88 Å². The van der Waals surface area contributed by atoms with Gasteiger partial charge >= 0.3 is 0 Å². The summed E-state index contributed by atoms with van der Waals surface area (Å²) < 4.78 is 13.4. The van der Waals surface area contributed by atoms with Crippen LogP contribution in [0.1, 0.15) is 13.3 Å². The molecule has 0 aliphatic carbocycles. The Kier molecular flexibility index (Phi) is 5.32. The van der Waals surface area contributed by atoms with E-state index in [2.05, 4.69) is 15.1 Å². The Morgan fingerprint density at radius 3 is 2.97 bits per heavy atom. The van der Waals surface area contributed by atoms with Crippen LogP contribution in [0.5, 0.6) is 5.88 Å². The molecule has 0 aliphatic rings. The van der Waals surface area contributed by atoms with E-state index in [4.69, 9.17) is 20.0 Å². The van der Waals surface area contributed by atoms with E-state index in [1.807, 2.05) is 37.1 Å². The van der Waals surface area contributed by atoms with Gasteiger partial charge in [0, 0.05) is 38.5 Å². The second-order valence-electron chi connectivity index (χ2n) is 7.03. The highest BCUT2D eigenvalue weighted by molar-refractivity contribution is 5.91. The summed E-state index contributed by atoms with van der Waals surface area (Å²) in [4.78, 5) is 10.9. The number of aromatic nitrogens is 4. The average molecular weight is 396 g/mol. The van der Waals surface area contributed by atoms with Crippen molar-refractivity contribution in [3.8, 4) is 17.3 Å². The summed E-state index contributed by atoms with van der Waals surface area (Å²) in [7, 11) is 1.95. The van der Waals surface area contributed by atoms with Crippen molar-refractivity contribution in [2.75, 3.05) is 31.7 Å². The van der Waals surface area contributed by atoms with Crippen molar-refractivity contribution in [1.82, 2.24) is 19.6 Å². The van der Waals surface area contributed by atoms with E-state index >= 15 is 0 Å². The van der Waals surface area contributed by atoms with Gasteiger partial charge in [-0.25, -0.2) is 14.5 Å². The lowest BCUT2D eigenvalue weighted by Crippen LogP contribution is -2.24. The third-order valence-electron chi connectivity index (χ3n) is 4.52. The fourth-order valence-corrected chi connectivity index (χ4v) is 3.11. The van der Waals surface area contributed by atoms with Gasteiger partial charge in [-0.3, -0.25) is 0 Å². The molecule has 0 fully saturated rings. The molecule has 1 atom stereocenters. The Labute approximate surface area is 167 Å². The maximum atomic E-state index is 9.10. The Balaban J connectivity index is 1.72. The number of fused-ring (bicyclic) bond motifs is 2. The van der Waals surface area contributed by atoms with Crippen LogP contribution < -0.4 is 15.4 Å². The molecule has 4 rings (SSSR count). The van der Waals surface area contributed by atoms with Crippen molar-refractivity contribution >= 4 is 22.4 Å². The van der Waals surface area contributed by atoms with Crippen molar-refractivity contribution in [3.63, 3.8) is 0 Å². The van der Waals surface area contributed by atoms with Crippen LogP contribution in [0.15, 0.2) is 41.1 Å². The summed E-state index contributed by atoms with van der Waals surface area (Å²) in [6, 6.07) is 7.29. The molecule has 29 heavy (non-hydrogen) atoms. The smallest absolute Gasteiger partial charge is 0.231 e. The Morgan fingerprint density at radius 2 is 2.17 bits per heavy atom. The van der Waals surface area contributed by atoms with E-state index in [-0.39, 0.29) is 12.6 Å². The maximum absolute atomic E-state index is 9.10. The third kappa shape index (κ3) is 3.87. The summed E-state index contributed by atoms with van der Waals surface area (Å²) in [5.74, 6) is 1.90. The Morgan fingerprint density at radius 1 is 1.31 bits per heavy atom. The first-order valence-corrected chi connectivity index (χ1v) is 9.51. The van der Waals surface area contributed by atoms with E-state index in [1.54, 1.807) is 23.0 Å². The molecule has 0 aliphatic heterocycles. The van der Waals surface area contributed by atoms with Gasteiger partial charge in [0.25, 0.3) is 0 Å². The van der Waals surface area contributed by atoms with Gasteiger partial charge < -0.3 is 24.9 Å². The molecule has 0 spiro atoms. The molecule has 0 radical (unpaired) electrons. The minimum Gasteiger partial charge on any atom is -0.475 e. The first-order valence-electron chi connectivity index (χ1n) is 9.51. The van der Waals surface area contributed by atoms with Crippen LogP contribution in [-0.2, 0) is 0 Å². The van der Waals surface area contributed by atoms with Gasteiger partial charge in [-0.1, -0.05) is 0 Å². The van der Waals surface area contributed by atoms with Gasteiger partial charge in [0.1, 0.15) is 23.7 Å². The number of aliphatic hydroxyl groups is 1.